The van der Waals surface area contributed by atoms with E-state index in [0.717, 1.165) is 20.8 Å². The van der Waals surface area contributed by atoms with E-state index in [1.807, 2.05) is 0 Å². The van der Waals surface area contributed by atoms with Crippen molar-refractivity contribution in [1.82, 2.24) is 47.1 Å². The van der Waals surface area contributed by atoms with Crippen molar-refractivity contribution in [3.05, 3.63) is 0 Å². The van der Waals surface area contributed by atoms with Crippen LogP contribution in [0.25, 0.3) is 0 Å². The molecule has 0 aliphatic carbocycles. The summed E-state index contributed by atoms with van der Waals surface area (Å²) in [6, 6.07) is -7.86. The average molecular weight is 804 g/mol. The Morgan fingerprint density at radius 3 is 1.13 bits per heavy atom. The number of nitrogens with zero attached hydrogens (tertiary/aromatic N) is 3. The van der Waals surface area contributed by atoms with Gasteiger partial charge in [0, 0.05) is 40.4 Å². The van der Waals surface area contributed by atoms with E-state index in [1.165, 1.54) is 0 Å². The fourth-order valence-electron chi connectivity index (χ4n) is 4.63. The summed E-state index contributed by atoms with van der Waals surface area (Å²) < 4.78 is 0. The average Bonchev–Trinajstić information content (AvgIpc) is 3.09. The molecule has 23 nitrogen and oxygen atoms in total. The number of hydrogen-bond acceptors (Lipinski definition) is 14. The molecule has 1 aliphatic heterocycles. The minimum Gasteiger partial charge on any atom is -0.394 e. The van der Waals surface area contributed by atoms with Gasteiger partial charge in [0.05, 0.1) is 19.8 Å². The maximum absolute atomic E-state index is 13.6. The first-order chi connectivity index (χ1) is 24.4. The van der Waals surface area contributed by atoms with Crippen LogP contribution in [-0.4, -0.2) is 164 Å². The zero-order valence-electron chi connectivity index (χ0n) is 29.5. The molecule has 9 amide bonds. The third-order valence-corrected chi connectivity index (χ3v) is 7.65. The van der Waals surface area contributed by atoms with Crippen LogP contribution in [0.1, 0.15) is 59.3 Å². The first kappa shape index (κ1) is 48.5. The molecule has 11 N–H and O–H groups in total. The summed E-state index contributed by atoms with van der Waals surface area (Å²) in [5.74, 6) is -8.27. The smallest absolute Gasteiger partial charge is 0.394 e. The van der Waals surface area contributed by atoms with Gasteiger partial charge in [-0.05, 0) is 38.5 Å². The van der Waals surface area contributed by atoms with Crippen LogP contribution in [0.4, 0.5) is 0 Å². The van der Waals surface area contributed by atoms with E-state index in [4.69, 9.17) is 0 Å². The maximum atomic E-state index is 13.6. The number of carbonyl (C=O) groups excluding carboxylic acids is 9. The SMILES string of the molecule is CC(=O)N(O)CCCC1NC(=O)C(CCCN(O)C(C)=O)NC(=O)C(CCCN(O)C(C)=O)NC(=O)C(CO)NC(=O)C(CO)NC(=O)CNC1=O.[Fe+3]. The number of rotatable bonds is 14. The van der Waals surface area contributed by atoms with Crippen molar-refractivity contribution in [2.24, 2.45) is 0 Å². The molecule has 0 spiro atoms. The molecule has 0 bridgehead atoms. The van der Waals surface area contributed by atoms with Crippen LogP contribution >= 0.6 is 0 Å². The van der Waals surface area contributed by atoms with E-state index in [1.54, 1.807) is 0 Å². The van der Waals surface area contributed by atoms with Crippen molar-refractivity contribution >= 4 is 53.2 Å². The largest absolute Gasteiger partial charge is 3.00 e. The molecule has 0 aromatic carbocycles. The monoisotopic (exact) mass is 803 g/mol. The third-order valence-electron chi connectivity index (χ3n) is 7.65. The molecular weight excluding hydrogens is 754 g/mol. The fraction of sp³-hybridized carbons (Fsp3) is 0.690. The zero-order valence-corrected chi connectivity index (χ0v) is 30.6. The summed E-state index contributed by atoms with van der Waals surface area (Å²) >= 11 is 0. The van der Waals surface area contributed by atoms with Crippen molar-refractivity contribution in [1.29, 1.82) is 0 Å². The molecule has 1 radical (unpaired) electrons. The van der Waals surface area contributed by atoms with Crippen LogP contribution in [0.15, 0.2) is 0 Å². The molecule has 5 unspecified atom stereocenters. The van der Waals surface area contributed by atoms with Gasteiger partial charge in [-0.1, -0.05) is 0 Å². The molecule has 1 rings (SSSR count). The predicted octanol–water partition coefficient (Wildman–Crippen LogP) is -5.42. The minimum atomic E-state index is -1.72. The Bertz CT molecular complexity index is 1310. The fourth-order valence-corrected chi connectivity index (χ4v) is 4.63. The molecule has 0 aromatic heterocycles. The minimum absolute atomic E-state index is 0. The second-order valence-electron chi connectivity index (χ2n) is 11.8. The Morgan fingerprint density at radius 1 is 0.528 bits per heavy atom. The summed E-state index contributed by atoms with van der Waals surface area (Å²) in [5, 5.41) is 63.7. The molecule has 0 saturated carbocycles. The second-order valence-corrected chi connectivity index (χ2v) is 11.8. The first-order valence-electron chi connectivity index (χ1n) is 16.3. The predicted molar refractivity (Wildman–Crippen MR) is 172 cm³/mol. The topological polar surface area (TPSA) is 337 Å². The summed E-state index contributed by atoms with van der Waals surface area (Å²) in [5.41, 5.74) is 0. The summed E-state index contributed by atoms with van der Waals surface area (Å²) in [4.78, 5) is 113. The van der Waals surface area contributed by atoms with Crippen LogP contribution in [-0.2, 0) is 60.2 Å². The van der Waals surface area contributed by atoms with Gasteiger partial charge in [-0.3, -0.25) is 58.8 Å². The number of carbonyl (C=O) groups is 9. The van der Waals surface area contributed by atoms with Crippen molar-refractivity contribution in [2.75, 3.05) is 39.4 Å². The standard InChI is InChI=1S/C29H49N9O14.Fe/c1-16(41)36(50)10-4-7-19-25(45)30-13-24(44)31-22(14-39)28(48)35-23(15-40)29(49)34-21(9-6-12-38(52)18(3)43)27(47)33-20(26(46)32-19)8-5-11-37(51)17(2)42;/h19-23,39-40,50-52H,4-15H2,1-3H3,(H,30,45)(H,31,44)(H,32,46)(H,33,47)(H,34,49)(H,35,48);/q;+3. The maximum Gasteiger partial charge on any atom is 3.00 e. The molecule has 5 atom stereocenters. The quantitative estimate of drug-likeness (QED) is 0.0444. The van der Waals surface area contributed by atoms with Gasteiger partial charge < -0.3 is 42.1 Å². The van der Waals surface area contributed by atoms with E-state index in [9.17, 15) is 69.0 Å². The number of hydroxylamine groups is 6. The Morgan fingerprint density at radius 2 is 0.811 bits per heavy atom. The van der Waals surface area contributed by atoms with E-state index in [-0.39, 0.29) is 75.2 Å². The summed E-state index contributed by atoms with van der Waals surface area (Å²) in [7, 11) is 0. The number of hydrogen-bond donors (Lipinski definition) is 11. The number of amides is 9. The van der Waals surface area contributed by atoms with Gasteiger partial charge in [0.15, 0.2) is 0 Å². The second kappa shape index (κ2) is 24.7. The molecule has 53 heavy (non-hydrogen) atoms. The Hall–Kier alpha value is -4.45. The zero-order chi connectivity index (χ0) is 39.5. The van der Waals surface area contributed by atoms with Gasteiger partial charge in [0.1, 0.15) is 30.2 Å². The third kappa shape index (κ3) is 17.8. The van der Waals surface area contributed by atoms with E-state index < -0.39 is 103 Å². The van der Waals surface area contributed by atoms with Crippen LogP contribution in [0.5, 0.6) is 0 Å². The van der Waals surface area contributed by atoms with Crippen LogP contribution < -0.4 is 31.9 Å². The van der Waals surface area contributed by atoms with Crippen molar-refractivity contribution in [3.8, 4) is 0 Å². The molecule has 24 heteroatoms. The van der Waals surface area contributed by atoms with Crippen molar-refractivity contribution in [2.45, 2.75) is 89.5 Å². The van der Waals surface area contributed by atoms with Gasteiger partial charge in [-0.2, -0.15) is 0 Å². The van der Waals surface area contributed by atoms with Gasteiger partial charge in [0.2, 0.25) is 53.2 Å². The Labute approximate surface area is 314 Å². The van der Waals surface area contributed by atoms with Crippen molar-refractivity contribution in [3.63, 3.8) is 0 Å². The normalized spacial score (nSPS) is 21.8. The Balaban J connectivity index is 0.0000270. The number of aliphatic hydroxyl groups excluding tert-OH is 2. The van der Waals surface area contributed by atoms with E-state index in [0.29, 0.717) is 15.2 Å². The van der Waals surface area contributed by atoms with Gasteiger partial charge >= 0.3 is 17.1 Å². The van der Waals surface area contributed by atoms with Gasteiger partial charge in [-0.15, -0.1) is 0 Å². The van der Waals surface area contributed by atoms with Crippen LogP contribution in [0.3, 0.4) is 0 Å². The number of aliphatic hydroxyl groups is 2. The van der Waals surface area contributed by atoms with Crippen LogP contribution in [0.2, 0.25) is 0 Å². The van der Waals surface area contributed by atoms with E-state index >= 15 is 0 Å². The molecule has 0 aromatic rings. The molecule has 1 heterocycles. The van der Waals surface area contributed by atoms with Crippen molar-refractivity contribution < 1.29 is 86.1 Å². The Kier molecular flexibility index (Phi) is 22.7. The molecule has 1 fully saturated rings. The summed E-state index contributed by atoms with van der Waals surface area (Å²) in [6.45, 7) is -0.358. The molecule has 299 valence electrons. The van der Waals surface area contributed by atoms with Crippen LogP contribution in [0, 0.1) is 0 Å². The first-order valence-corrected chi connectivity index (χ1v) is 16.3. The molecular formula is C29H49FeN9O14+3. The van der Waals surface area contributed by atoms with Gasteiger partial charge in [0.25, 0.3) is 0 Å². The van der Waals surface area contributed by atoms with Gasteiger partial charge in [-0.25, -0.2) is 15.2 Å². The van der Waals surface area contributed by atoms with E-state index in [2.05, 4.69) is 31.9 Å². The summed E-state index contributed by atoms with van der Waals surface area (Å²) in [6.07, 6.45) is -0.960. The molecule has 1 saturated heterocycles. The molecule has 1 aliphatic rings. The number of nitrogens with one attached hydrogen (secondary N) is 6.